The van der Waals surface area contributed by atoms with E-state index in [0.717, 1.165) is 10.9 Å². The molecule has 1 heterocycles. The first kappa shape index (κ1) is 20.2. The van der Waals surface area contributed by atoms with Crippen molar-refractivity contribution < 1.29 is 23.1 Å². The first-order valence-electron chi connectivity index (χ1n) is 8.14. The van der Waals surface area contributed by atoms with E-state index in [2.05, 4.69) is 21.2 Å². The summed E-state index contributed by atoms with van der Waals surface area (Å²) in [6.07, 6.45) is 0. The quantitative estimate of drug-likeness (QED) is 0.529. The van der Waals surface area contributed by atoms with Gasteiger partial charge in [0.2, 0.25) is 0 Å². The highest BCUT2D eigenvalue weighted by Gasteiger charge is 2.20. The van der Waals surface area contributed by atoms with Crippen LogP contribution in [0.25, 0.3) is 0 Å². The van der Waals surface area contributed by atoms with Gasteiger partial charge in [-0.25, -0.2) is 13.6 Å². The Hall–Kier alpha value is -2.58. The van der Waals surface area contributed by atoms with Gasteiger partial charge in [-0.3, -0.25) is 4.79 Å². The fourth-order valence-corrected chi connectivity index (χ4v) is 3.71. The molecule has 8 heteroatoms. The molecule has 2 aromatic carbocycles. The number of thiophene rings is 1. The number of carbonyl (C=O) groups excluding carboxylic acids is 2. The van der Waals surface area contributed by atoms with Crippen LogP contribution in [-0.2, 0) is 9.53 Å². The minimum Gasteiger partial charge on any atom is -0.452 e. The van der Waals surface area contributed by atoms with Gasteiger partial charge in [-0.05, 0) is 63.3 Å². The van der Waals surface area contributed by atoms with Gasteiger partial charge in [-0.2, -0.15) is 0 Å². The van der Waals surface area contributed by atoms with Gasteiger partial charge in [0.05, 0.1) is 11.6 Å². The Morgan fingerprint density at radius 2 is 1.79 bits per heavy atom. The molecule has 28 heavy (non-hydrogen) atoms. The van der Waals surface area contributed by atoms with E-state index in [4.69, 9.17) is 4.74 Å². The van der Waals surface area contributed by atoms with E-state index in [-0.39, 0.29) is 11.4 Å². The van der Waals surface area contributed by atoms with E-state index >= 15 is 0 Å². The van der Waals surface area contributed by atoms with E-state index in [9.17, 15) is 18.4 Å². The highest BCUT2D eigenvalue weighted by Crippen LogP contribution is 2.26. The van der Waals surface area contributed by atoms with Crippen LogP contribution >= 0.6 is 27.3 Å². The van der Waals surface area contributed by atoms with Crippen molar-refractivity contribution in [3.8, 4) is 0 Å². The second-order valence-corrected chi connectivity index (χ2v) is 7.60. The van der Waals surface area contributed by atoms with E-state index < -0.39 is 30.3 Å². The lowest BCUT2D eigenvalue weighted by Crippen LogP contribution is -2.32. The molecule has 0 spiro atoms. The second kappa shape index (κ2) is 9.07. The van der Waals surface area contributed by atoms with Crippen LogP contribution in [0.1, 0.15) is 26.8 Å². The largest absolute Gasteiger partial charge is 0.452 e. The maximum Gasteiger partial charge on any atom is 0.339 e. The maximum absolute atomic E-state index is 13.3. The predicted molar refractivity (Wildman–Crippen MR) is 105 cm³/mol. The molecule has 3 aromatic rings. The van der Waals surface area contributed by atoms with Crippen molar-refractivity contribution in [3.05, 3.63) is 92.1 Å². The molecule has 0 aliphatic carbocycles. The number of hydrogen-bond donors (Lipinski definition) is 1. The third kappa shape index (κ3) is 5.02. The number of esters is 1. The van der Waals surface area contributed by atoms with Crippen LogP contribution in [0.2, 0.25) is 0 Å². The monoisotopic (exact) mass is 465 g/mol. The molecule has 0 saturated heterocycles. The van der Waals surface area contributed by atoms with E-state index in [1.807, 2.05) is 17.5 Å². The lowest BCUT2D eigenvalue weighted by atomic mass is 10.1. The molecule has 4 nitrogen and oxygen atoms in total. The average molecular weight is 466 g/mol. The van der Waals surface area contributed by atoms with E-state index in [1.54, 1.807) is 12.1 Å². The fourth-order valence-electron chi connectivity index (χ4n) is 2.49. The normalized spacial score (nSPS) is 11.7. The van der Waals surface area contributed by atoms with Gasteiger partial charge in [-0.15, -0.1) is 11.3 Å². The zero-order valence-electron chi connectivity index (χ0n) is 14.3. The molecule has 144 valence electrons. The van der Waals surface area contributed by atoms with Crippen molar-refractivity contribution in [1.82, 2.24) is 5.32 Å². The van der Waals surface area contributed by atoms with E-state index in [0.29, 0.717) is 10.0 Å². The lowest BCUT2D eigenvalue weighted by molar-refractivity contribution is -0.124. The summed E-state index contributed by atoms with van der Waals surface area (Å²) >= 11 is 4.58. The van der Waals surface area contributed by atoms with Gasteiger partial charge < -0.3 is 10.1 Å². The summed E-state index contributed by atoms with van der Waals surface area (Å²) in [5, 5.41) is 4.63. The highest BCUT2D eigenvalue weighted by atomic mass is 79.9. The number of amides is 1. The number of halogens is 3. The Kier molecular flexibility index (Phi) is 6.53. The van der Waals surface area contributed by atoms with Crippen molar-refractivity contribution in [3.63, 3.8) is 0 Å². The average Bonchev–Trinajstić information content (AvgIpc) is 3.21. The molecule has 3 rings (SSSR count). The molecular weight excluding hydrogens is 452 g/mol. The molecule has 0 aliphatic heterocycles. The van der Waals surface area contributed by atoms with Crippen molar-refractivity contribution >= 4 is 39.1 Å². The van der Waals surface area contributed by atoms with Crippen LogP contribution in [0, 0.1) is 11.6 Å². The minimum absolute atomic E-state index is 0.0128. The third-order valence-electron chi connectivity index (χ3n) is 3.82. The van der Waals surface area contributed by atoms with Crippen LogP contribution in [-0.4, -0.2) is 18.5 Å². The Bertz CT molecular complexity index is 978. The number of ether oxygens (including phenoxy) is 1. The minimum atomic E-state index is -0.823. The first-order chi connectivity index (χ1) is 13.4. The van der Waals surface area contributed by atoms with Gasteiger partial charge in [0, 0.05) is 9.35 Å². The summed E-state index contributed by atoms with van der Waals surface area (Å²) in [7, 11) is 0. The van der Waals surface area contributed by atoms with Gasteiger partial charge in [-0.1, -0.05) is 18.2 Å². The van der Waals surface area contributed by atoms with Gasteiger partial charge in [0.1, 0.15) is 11.6 Å². The molecule has 1 atom stereocenters. The van der Waals surface area contributed by atoms with E-state index in [1.165, 1.54) is 35.6 Å². The molecular formula is C20H14BrF2NO3S. The smallest absolute Gasteiger partial charge is 0.339 e. The summed E-state index contributed by atoms with van der Waals surface area (Å²) in [5.41, 5.74) is 0.678. The topological polar surface area (TPSA) is 55.4 Å². The summed E-state index contributed by atoms with van der Waals surface area (Å²) in [6.45, 7) is -0.537. The van der Waals surface area contributed by atoms with Crippen molar-refractivity contribution in [2.45, 2.75) is 6.04 Å². The summed E-state index contributed by atoms with van der Waals surface area (Å²) in [6, 6.07) is 12.6. The number of rotatable bonds is 6. The zero-order chi connectivity index (χ0) is 20.1. The maximum atomic E-state index is 13.3. The van der Waals surface area contributed by atoms with Crippen molar-refractivity contribution in [1.29, 1.82) is 0 Å². The molecule has 1 unspecified atom stereocenters. The Labute approximate surface area is 172 Å². The number of carbonyl (C=O) groups is 2. The predicted octanol–water partition coefficient (Wildman–Crippen LogP) is 4.85. The molecule has 1 N–H and O–H groups in total. The fraction of sp³-hybridized carbons (Fsp3) is 0.100. The molecule has 0 fully saturated rings. The highest BCUT2D eigenvalue weighted by molar-refractivity contribution is 9.10. The standard InChI is InChI=1S/C20H14BrF2NO3S/c21-16-8-7-14(23)10-15(16)20(26)27-11-18(25)24-19(17-2-1-9-28-17)12-3-5-13(22)6-4-12/h1-10,19H,11H2,(H,24,25). The Morgan fingerprint density at radius 3 is 2.46 bits per heavy atom. The molecule has 0 bridgehead atoms. The van der Waals surface area contributed by atoms with Gasteiger partial charge in [0.25, 0.3) is 5.91 Å². The van der Waals surface area contributed by atoms with Gasteiger partial charge >= 0.3 is 5.97 Å². The van der Waals surface area contributed by atoms with Crippen molar-refractivity contribution in [2.75, 3.05) is 6.61 Å². The zero-order valence-corrected chi connectivity index (χ0v) is 16.7. The molecule has 1 aromatic heterocycles. The van der Waals surface area contributed by atoms with Crippen LogP contribution < -0.4 is 5.32 Å². The molecule has 0 aliphatic rings. The Morgan fingerprint density at radius 1 is 1.07 bits per heavy atom. The van der Waals surface area contributed by atoms with Crippen molar-refractivity contribution in [2.24, 2.45) is 0 Å². The molecule has 0 radical (unpaired) electrons. The SMILES string of the molecule is O=C(COC(=O)c1cc(F)ccc1Br)NC(c1ccc(F)cc1)c1cccs1. The van der Waals surface area contributed by atoms with Crippen LogP contribution in [0.3, 0.4) is 0 Å². The third-order valence-corrected chi connectivity index (χ3v) is 5.45. The first-order valence-corrected chi connectivity index (χ1v) is 9.81. The number of benzene rings is 2. The lowest BCUT2D eigenvalue weighted by Gasteiger charge is -2.18. The molecule has 1 amide bonds. The molecule has 0 saturated carbocycles. The number of nitrogens with one attached hydrogen (secondary N) is 1. The number of hydrogen-bond acceptors (Lipinski definition) is 4. The van der Waals surface area contributed by atoms with Crippen LogP contribution in [0.5, 0.6) is 0 Å². The summed E-state index contributed by atoms with van der Waals surface area (Å²) < 4.78 is 31.9. The Balaban J connectivity index is 1.68. The van der Waals surface area contributed by atoms with Crippen LogP contribution in [0.4, 0.5) is 8.78 Å². The summed E-state index contributed by atoms with van der Waals surface area (Å²) in [5.74, 6) is -2.33. The van der Waals surface area contributed by atoms with Crippen LogP contribution in [0.15, 0.2) is 64.5 Å². The van der Waals surface area contributed by atoms with Gasteiger partial charge in [0.15, 0.2) is 6.61 Å². The summed E-state index contributed by atoms with van der Waals surface area (Å²) in [4.78, 5) is 25.3. The second-order valence-electron chi connectivity index (χ2n) is 5.77.